The summed E-state index contributed by atoms with van der Waals surface area (Å²) in [6.45, 7) is 2.99. The van der Waals surface area contributed by atoms with E-state index >= 15 is 0 Å². The van der Waals surface area contributed by atoms with Crippen LogP contribution in [0.4, 0.5) is 14.5 Å². The number of carbonyl (C=O) groups is 2. The number of rotatable bonds is 8. The number of nitrogens with zero attached hydrogens (tertiary/aromatic N) is 1. The highest BCUT2D eigenvalue weighted by molar-refractivity contribution is 6.31. The lowest BCUT2D eigenvalue weighted by Gasteiger charge is -2.21. The Morgan fingerprint density at radius 1 is 1.09 bits per heavy atom. The fraction of sp³-hybridized carbons (Fsp3) is 0.250. The van der Waals surface area contributed by atoms with Crippen LogP contribution in [-0.4, -0.2) is 28.4 Å². The first-order valence-corrected chi connectivity index (χ1v) is 11.1. The first-order valence-electron chi connectivity index (χ1n) is 10.3. The lowest BCUT2D eigenvalue weighted by Crippen LogP contribution is -2.23. The van der Waals surface area contributed by atoms with Gasteiger partial charge in [0.25, 0.3) is 5.91 Å². The maximum atomic E-state index is 14.0. The Hall–Kier alpha value is -2.78. The molecular weight excluding hydrogens is 487 g/mol. The summed E-state index contributed by atoms with van der Waals surface area (Å²) in [5.74, 6) is -2.67. The van der Waals surface area contributed by atoms with Crippen molar-refractivity contribution in [2.24, 2.45) is 0 Å². The molecule has 180 valence electrons. The zero-order valence-electron chi connectivity index (χ0n) is 18.6. The van der Waals surface area contributed by atoms with Gasteiger partial charge in [-0.2, -0.15) is 0 Å². The second-order valence-corrected chi connectivity index (χ2v) is 8.69. The Balaban J connectivity index is 2.19. The minimum Gasteiger partial charge on any atom is -0.373 e. The first-order chi connectivity index (χ1) is 16.0. The van der Waals surface area contributed by atoms with Crippen LogP contribution in [0, 0.1) is 11.6 Å². The molecule has 0 bridgehead atoms. The molecule has 1 heterocycles. The fourth-order valence-electron chi connectivity index (χ4n) is 3.80. The minimum atomic E-state index is -1.18. The number of halogens is 4. The van der Waals surface area contributed by atoms with Gasteiger partial charge in [-0.05, 0) is 62.0 Å². The van der Waals surface area contributed by atoms with E-state index in [2.05, 4.69) is 10.6 Å². The molecular formula is C24H23Cl2F2N3O3. The molecule has 0 aliphatic rings. The van der Waals surface area contributed by atoms with Gasteiger partial charge in [0.15, 0.2) is 0 Å². The summed E-state index contributed by atoms with van der Waals surface area (Å²) in [6.07, 6.45) is -1.18. The number of benzene rings is 2. The quantitative estimate of drug-likeness (QED) is 0.361. The lowest BCUT2D eigenvalue weighted by molar-refractivity contribution is -0.117. The Kier molecular flexibility index (Phi) is 8.09. The van der Waals surface area contributed by atoms with E-state index in [4.69, 9.17) is 23.2 Å². The summed E-state index contributed by atoms with van der Waals surface area (Å²) < 4.78 is 29.4. The smallest absolute Gasteiger partial charge is 0.255 e. The van der Waals surface area contributed by atoms with Crippen molar-refractivity contribution < 1.29 is 23.5 Å². The molecule has 3 rings (SSSR count). The van der Waals surface area contributed by atoms with E-state index in [1.54, 1.807) is 11.5 Å². The van der Waals surface area contributed by atoms with Crippen molar-refractivity contribution in [3.8, 4) is 0 Å². The highest BCUT2D eigenvalue weighted by atomic mass is 35.5. The van der Waals surface area contributed by atoms with Gasteiger partial charge in [0.05, 0.1) is 17.9 Å². The summed E-state index contributed by atoms with van der Waals surface area (Å²) in [7, 11) is 1.52. The number of carbonyl (C=O) groups excluding carboxylic acids is 2. The summed E-state index contributed by atoms with van der Waals surface area (Å²) in [5.41, 5.74) is 1.33. The van der Waals surface area contributed by atoms with Crippen molar-refractivity contribution in [2.75, 3.05) is 12.4 Å². The van der Waals surface area contributed by atoms with Crippen LogP contribution in [0.1, 0.15) is 53.3 Å². The third kappa shape index (κ3) is 5.64. The number of Topliss-reactive ketones (excluding diaryl/α,β-unsaturated/α-hetero) is 1. The Morgan fingerprint density at radius 2 is 1.79 bits per heavy atom. The number of ketones is 1. The van der Waals surface area contributed by atoms with Crippen LogP contribution in [0.5, 0.6) is 0 Å². The molecule has 0 aliphatic heterocycles. The number of hydrogen-bond donors (Lipinski definition) is 3. The van der Waals surface area contributed by atoms with Crippen LogP contribution in [0.15, 0.2) is 42.5 Å². The lowest BCUT2D eigenvalue weighted by atomic mass is 9.96. The van der Waals surface area contributed by atoms with Crippen LogP contribution in [-0.2, 0) is 11.3 Å². The zero-order valence-corrected chi connectivity index (χ0v) is 20.1. The monoisotopic (exact) mass is 509 g/mol. The third-order valence-corrected chi connectivity index (χ3v) is 5.88. The average Bonchev–Trinajstić information content (AvgIpc) is 3.10. The maximum Gasteiger partial charge on any atom is 0.255 e. The van der Waals surface area contributed by atoms with E-state index < -0.39 is 29.7 Å². The molecule has 1 unspecified atom stereocenters. The average molecular weight is 510 g/mol. The molecule has 2 aromatic carbocycles. The van der Waals surface area contributed by atoms with Crippen LogP contribution in [0.2, 0.25) is 10.0 Å². The molecule has 0 fully saturated rings. The summed E-state index contributed by atoms with van der Waals surface area (Å²) >= 11 is 12.2. The first kappa shape index (κ1) is 25.8. The van der Waals surface area contributed by atoms with Gasteiger partial charge < -0.3 is 15.0 Å². The standard InChI is InChI=1S/C24H23Cl2F2N3O3/c1-12(32)11-31-21(24(34)29-3)10-20(30-23(33)14-6-15(25)8-17(28)7-14)22(31)13(2)18-9-16(27)4-5-19(18)26/h4-10,13,24,29,34H,11H2,1-3H3,(H,30,33)/t13-,24?/m0/s1. The van der Waals surface area contributed by atoms with Gasteiger partial charge >= 0.3 is 0 Å². The van der Waals surface area contributed by atoms with E-state index in [9.17, 15) is 23.5 Å². The van der Waals surface area contributed by atoms with Gasteiger partial charge in [-0.25, -0.2) is 8.78 Å². The van der Waals surface area contributed by atoms with Crippen LogP contribution < -0.4 is 10.6 Å². The molecule has 0 spiro atoms. The summed E-state index contributed by atoms with van der Waals surface area (Å²) in [5, 5.41) is 16.3. The van der Waals surface area contributed by atoms with Crippen molar-refractivity contribution in [3.05, 3.63) is 86.7 Å². The van der Waals surface area contributed by atoms with Crippen molar-refractivity contribution >= 4 is 40.6 Å². The van der Waals surface area contributed by atoms with Gasteiger partial charge in [0.2, 0.25) is 0 Å². The molecule has 0 saturated heterocycles. The maximum absolute atomic E-state index is 14.0. The number of aliphatic hydroxyl groups is 1. The molecule has 10 heteroatoms. The van der Waals surface area contributed by atoms with Crippen molar-refractivity contribution in [1.82, 2.24) is 9.88 Å². The second-order valence-electron chi connectivity index (χ2n) is 7.85. The summed E-state index contributed by atoms with van der Waals surface area (Å²) in [4.78, 5) is 25.0. The Labute approximate surface area is 205 Å². The van der Waals surface area contributed by atoms with E-state index in [1.165, 1.54) is 44.3 Å². The Morgan fingerprint density at radius 3 is 2.41 bits per heavy atom. The van der Waals surface area contributed by atoms with E-state index in [-0.39, 0.29) is 33.6 Å². The second kappa shape index (κ2) is 10.7. The molecule has 2 atom stereocenters. The topological polar surface area (TPSA) is 83.4 Å². The molecule has 6 nitrogen and oxygen atoms in total. The molecule has 1 aromatic heterocycles. The number of nitrogens with one attached hydrogen (secondary N) is 2. The predicted molar refractivity (Wildman–Crippen MR) is 127 cm³/mol. The highest BCUT2D eigenvalue weighted by Gasteiger charge is 2.27. The number of hydrogen-bond acceptors (Lipinski definition) is 4. The highest BCUT2D eigenvalue weighted by Crippen LogP contribution is 2.38. The van der Waals surface area contributed by atoms with Gasteiger partial charge in [-0.15, -0.1) is 0 Å². The molecule has 0 aliphatic carbocycles. The number of amides is 1. The predicted octanol–water partition coefficient (Wildman–Crippen LogP) is 5.28. The molecule has 3 N–H and O–H groups in total. The van der Waals surface area contributed by atoms with Crippen molar-refractivity contribution in [1.29, 1.82) is 0 Å². The van der Waals surface area contributed by atoms with Crippen LogP contribution >= 0.6 is 23.2 Å². The van der Waals surface area contributed by atoms with Gasteiger partial charge in [-0.1, -0.05) is 30.1 Å². The van der Waals surface area contributed by atoms with Gasteiger partial charge in [0, 0.05) is 27.2 Å². The van der Waals surface area contributed by atoms with Crippen molar-refractivity contribution in [3.63, 3.8) is 0 Å². The van der Waals surface area contributed by atoms with Crippen molar-refractivity contribution in [2.45, 2.75) is 32.5 Å². The number of anilines is 1. The summed E-state index contributed by atoms with van der Waals surface area (Å²) in [6, 6.07) is 8.82. The van der Waals surface area contributed by atoms with Gasteiger partial charge in [-0.3, -0.25) is 14.9 Å². The van der Waals surface area contributed by atoms with E-state index in [0.717, 1.165) is 12.1 Å². The third-order valence-electron chi connectivity index (χ3n) is 5.31. The molecule has 0 saturated carbocycles. The minimum absolute atomic E-state index is 0.0255. The normalized spacial score (nSPS) is 12.9. The van der Waals surface area contributed by atoms with Crippen LogP contribution in [0.25, 0.3) is 0 Å². The fourth-order valence-corrected chi connectivity index (χ4v) is 4.30. The molecule has 34 heavy (non-hydrogen) atoms. The van der Waals surface area contributed by atoms with E-state index in [0.29, 0.717) is 17.0 Å². The molecule has 3 aromatic rings. The van der Waals surface area contributed by atoms with Gasteiger partial charge in [0.1, 0.15) is 23.6 Å². The number of aromatic nitrogens is 1. The largest absolute Gasteiger partial charge is 0.373 e. The zero-order chi connectivity index (χ0) is 25.2. The SMILES string of the molecule is CNC(O)c1cc(NC(=O)c2cc(F)cc(Cl)c2)c([C@@H](C)c2cc(F)ccc2Cl)n1CC(C)=O. The number of aliphatic hydroxyl groups excluding tert-OH is 1. The van der Waals surface area contributed by atoms with E-state index in [1.807, 2.05) is 0 Å². The molecule has 1 amide bonds. The Bertz CT molecular complexity index is 1230. The van der Waals surface area contributed by atoms with Crippen LogP contribution in [0.3, 0.4) is 0 Å². The molecule has 0 radical (unpaired) electrons.